The SMILES string of the molecule is Cc1cnc(C(C)Nc2cc(S(N)(=O)=O)ccc2N)o1. The first-order valence-corrected chi connectivity index (χ1v) is 7.43. The number of hydrogen-bond donors (Lipinski definition) is 3. The van der Waals surface area contributed by atoms with Gasteiger partial charge in [-0.3, -0.25) is 0 Å². The third-order valence-corrected chi connectivity index (χ3v) is 3.65. The maximum atomic E-state index is 11.3. The second kappa shape index (κ2) is 5.14. The maximum absolute atomic E-state index is 11.3. The average Bonchev–Trinajstić information content (AvgIpc) is 2.77. The molecule has 1 atom stereocenters. The van der Waals surface area contributed by atoms with Gasteiger partial charge in [0.05, 0.1) is 22.5 Å². The van der Waals surface area contributed by atoms with Gasteiger partial charge in [0, 0.05) is 0 Å². The van der Waals surface area contributed by atoms with Crippen LogP contribution in [0, 0.1) is 6.92 Å². The first kappa shape index (κ1) is 14.4. The minimum atomic E-state index is -3.77. The van der Waals surface area contributed by atoms with E-state index in [9.17, 15) is 8.42 Å². The number of nitrogen functional groups attached to an aromatic ring is 1. The number of sulfonamides is 1. The molecular formula is C12H16N4O3S. The molecule has 5 N–H and O–H groups in total. The lowest BCUT2D eigenvalue weighted by molar-refractivity contribution is 0.454. The van der Waals surface area contributed by atoms with Gasteiger partial charge in [-0.1, -0.05) is 0 Å². The van der Waals surface area contributed by atoms with Crippen LogP contribution >= 0.6 is 0 Å². The van der Waals surface area contributed by atoms with E-state index in [1.165, 1.54) is 18.2 Å². The molecule has 0 aliphatic heterocycles. The van der Waals surface area contributed by atoms with E-state index in [1.807, 2.05) is 6.92 Å². The van der Waals surface area contributed by atoms with Gasteiger partial charge in [0.2, 0.25) is 15.9 Å². The Bertz CT molecular complexity index is 724. The molecule has 1 aromatic carbocycles. The lowest BCUT2D eigenvalue weighted by atomic mass is 10.2. The van der Waals surface area contributed by atoms with Crippen LogP contribution < -0.4 is 16.2 Å². The third kappa shape index (κ3) is 3.09. The Labute approximate surface area is 117 Å². The van der Waals surface area contributed by atoms with Gasteiger partial charge in [-0.2, -0.15) is 0 Å². The van der Waals surface area contributed by atoms with E-state index in [0.717, 1.165) is 0 Å². The Morgan fingerprint density at radius 1 is 1.40 bits per heavy atom. The van der Waals surface area contributed by atoms with E-state index in [1.54, 1.807) is 13.1 Å². The molecule has 0 saturated heterocycles. The van der Waals surface area contributed by atoms with Gasteiger partial charge in [0.15, 0.2) is 0 Å². The Kier molecular flexibility index (Phi) is 3.69. The predicted octanol–water partition coefficient (Wildman–Crippen LogP) is 1.39. The van der Waals surface area contributed by atoms with Gasteiger partial charge in [0.1, 0.15) is 11.8 Å². The molecule has 2 aromatic rings. The summed E-state index contributed by atoms with van der Waals surface area (Å²) in [4.78, 5) is 4.09. The average molecular weight is 296 g/mol. The summed E-state index contributed by atoms with van der Waals surface area (Å²) in [6, 6.07) is 3.96. The highest BCUT2D eigenvalue weighted by Crippen LogP contribution is 2.26. The maximum Gasteiger partial charge on any atom is 0.238 e. The topological polar surface area (TPSA) is 124 Å². The monoisotopic (exact) mass is 296 g/mol. The van der Waals surface area contributed by atoms with Crippen molar-refractivity contribution in [2.75, 3.05) is 11.1 Å². The van der Waals surface area contributed by atoms with Crippen LogP contribution in [-0.4, -0.2) is 13.4 Å². The summed E-state index contributed by atoms with van der Waals surface area (Å²) in [7, 11) is -3.77. The number of aromatic nitrogens is 1. The van der Waals surface area contributed by atoms with E-state index in [0.29, 0.717) is 23.0 Å². The number of aryl methyl sites for hydroxylation is 1. The zero-order chi connectivity index (χ0) is 14.9. The summed E-state index contributed by atoms with van der Waals surface area (Å²) >= 11 is 0. The number of nitrogens with zero attached hydrogens (tertiary/aromatic N) is 1. The second-order valence-electron chi connectivity index (χ2n) is 4.47. The van der Waals surface area contributed by atoms with E-state index in [2.05, 4.69) is 10.3 Å². The first-order chi connectivity index (χ1) is 9.27. The number of nitrogens with two attached hydrogens (primary N) is 2. The molecule has 0 radical (unpaired) electrons. The van der Waals surface area contributed by atoms with Crippen LogP contribution in [0.1, 0.15) is 24.6 Å². The summed E-state index contributed by atoms with van der Waals surface area (Å²) in [5.74, 6) is 1.18. The summed E-state index contributed by atoms with van der Waals surface area (Å²) in [5, 5.41) is 8.14. The molecule has 0 saturated carbocycles. The number of rotatable bonds is 4. The zero-order valence-corrected chi connectivity index (χ0v) is 11.9. The van der Waals surface area contributed by atoms with Gasteiger partial charge in [0.25, 0.3) is 0 Å². The molecule has 0 aliphatic carbocycles. The summed E-state index contributed by atoms with van der Waals surface area (Å²) in [6.45, 7) is 3.62. The molecule has 1 unspecified atom stereocenters. The smallest absolute Gasteiger partial charge is 0.238 e. The number of benzene rings is 1. The molecule has 0 aliphatic rings. The predicted molar refractivity (Wildman–Crippen MR) is 75.5 cm³/mol. The van der Waals surface area contributed by atoms with Crippen molar-refractivity contribution >= 4 is 21.4 Å². The van der Waals surface area contributed by atoms with E-state index in [-0.39, 0.29) is 10.9 Å². The molecular weight excluding hydrogens is 280 g/mol. The standard InChI is InChI=1S/C12H16N4O3S/c1-7-6-15-12(19-7)8(2)16-11-5-9(20(14,17)18)3-4-10(11)13/h3-6,8,16H,13H2,1-2H3,(H2,14,17,18). The zero-order valence-electron chi connectivity index (χ0n) is 11.1. The number of oxazole rings is 1. The largest absolute Gasteiger partial charge is 0.444 e. The highest BCUT2D eigenvalue weighted by atomic mass is 32.2. The van der Waals surface area contributed by atoms with Crippen LogP contribution in [0.15, 0.2) is 33.7 Å². The molecule has 2 rings (SSSR count). The molecule has 20 heavy (non-hydrogen) atoms. The number of primary sulfonamides is 1. The molecule has 0 spiro atoms. The highest BCUT2D eigenvalue weighted by Gasteiger charge is 2.15. The van der Waals surface area contributed by atoms with E-state index < -0.39 is 10.0 Å². The van der Waals surface area contributed by atoms with Crippen LogP contribution in [0.4, 0.5) is 11.4 Å². The highest BCUT2D eigenvalue weighted by molar-refractivity contribution is 7.89. The number of hydrogen-bond acceptors (Lipinski definition) is 6. The summed E-state index contributed by atoms with van der Waals surface area (Å²) in [6.07, 6.45) is 1.61. The molecule has 1 aromatic heterocycles. The summed E-state index contributed by atoms with van der Waals surface area (Å²) < 4.78 is 28.1. The van der Waals surface area contributed by atoms with Crippen LogP contribution in [0.2, 0.25) is 0 Å². The van der Waals surface area contributed by atoms with Crippen molar-refractivity contribution < 1.29 is 12.8 Å². The Morgan fingerprint density at radius 3 is 2.65 bits per heavy atom. The van der Waals surface area contributed by atoms with Crippen molar-refractivity contribution in [2.45, 2.75) is 24.8 Å². The second-order valence-corrected chi connectivity index (χ2v) is 6.03. The van der Waals surface area contributed by atoms with Crippen molar-refractivity contribution in [3.63, 3.8) is 0 Å². The molecule has 0 fully saturated rings. The molecule has 8 heteroatoms. The molecule has 1 heterocycles. The number of nitrogens with one attached hydrogen (secondary N) is 1. The van der Waals surface area contributed by atoms with Crippen LogP contribution in [0.5, 0.6) is 0 Å². The summed E-state index contributed by atoms with van der Waals surface area (Å²) in [5.41, 5.74) is 6.68. The Hall–Kier alpha value is -2.06. The van der Waals surface area contributed by atoms with Crippen LogP contribution in [-0.2, 0) is 10.0 Å². The van der Waals surface area contributed by atoms with Crippen molar-refractivity contribution in [1.29, 1.82) is 0 Å². The minimum absolute atomic E-state index is 0.00927. The Morgan fingerprint density at radius 2 is 2.10 bits per heavy atom. The van der Waals surface area contributed by atoms with Crippen LogP contribution in [0.25, 0.3) is 0 Å². The fourth-order valence-corrected chi connectivity index (χ4v) is 2.24. The molecule has 108 valence electrons. The van der Waals surface area contributed by atoms with Gasteiger partial charge in [-0.25, -0.2) is 18.5 Å². The Balaban J connectivity index is 2.29. The van der Waals surface area contributed by atoms with Gasteiger partial charge >= 0.3 is 0 Å². The first-order valence-electron chi connectivity index (χ1n) is 5.88. The lowest BCUT2D eigenvalue weighted by Gasteiger charge is -2.14. The lowest BCUT2D eigenvalue weighted by Crippen LogP contribution is -2.14. The van der Waals surface area contributed by atoms with E-state index >= 15 is 0 Å². The molecule has 0 bridgehead atoms. The molecule has 7 nitrogen and oxygen atoms in total. The van der Waals surface area contributed by atoms with Crippen LogP contribution in [0.3, 0.4) is 0 Å². The fourth-order valence-electron chi connectivity index (χ4n) is 1.70. The van der Waals surface area contributed by atoms with Crippen molar-refractivity contribution in [1.82, 2.24) is 4.98 Å². The van der Waals surface area contributed by atoms with Gasteiger partial charge < -0.3 is 15.5 Å². The van der Waals surface area contributed by atoms with Crippen molar-refractivity contribution in [3.8, 4) is 0 Å². The normalized spacial score (nSPS) is 13.2. The molecule has 0 amide bonds. The van der Waals surface area contributed by atoms with E-state index in [4.69, 9.17) is 15.3 Å². The quantitative estimate of drug-likeness (QED) is 0.732. The number of anilines is 2. The van der Waals surface area contributed by atoms with Crippen molar-refractivity contribution in [2.24, 2.45) is 5.14 Å². The van der Waals surface area contributed by atoms with Crippen molar-refractivity contribution in [3.05, 3.63) is 36.0 Å². The minimum Gasteiger partial charge on any atom is -0.444 e. The van der Waals surface area contributed by atoms with Gasteiger partial charge in [-0.15, -0.1) is 0 Å². The van der Waals surface area contributed by atoms with Gasteiger partial charge in [-0.05, 0) is 32.0 Å². The fraction of sp³-hybridized carbons (Fsp3) is 0.250. The third-order valence-electron chi connectivity index (χ3n) is 2.73.